The summed E-state index contributed by atoms with van der Waals surface area (Å²) in [6, 6.07) is 7.32. The van der Waals surface area contributed by atoms with Gasteiger partial charge < -0.3 is 0 Å². The third-order valence-corrected chi connectivity index (χ3v) is 4.62. The van der Waals surface area contributed by atoms with Crippen LogP contribution in [0, 0.1) is 0 Å². The van der Waals surface area contributed by atoms with Gasteiger partial charge in [-0.1, -0.05) is 24.3 Å². The van der Waals surface area contributed by atoms with Gasteiger partial charge in [0, 0.05) is 12.8 Å². The molecule has 1 aliphatic rings. The molecule has 0 heterocycles. The van der Waals surface area contributed by atoms with Crippen molar-refractivity contribution in [2.24, 2.45) is 0 Å². The SMILES string of the molecule is O=C1CC(=O)CC(c2cccc(-c3cc(C(F)(F)F)cc(C(F)(F)F)c3)c2)C1. The van der Waals surface area contributed by atoms with Crippen molar-refractivity contribution in [1.82, 2.24) is 0 Å². The molecular weight excluding hydrogens is 386 g/mol. The highest BCUT2D eigenvalue weighted by Gasteiger charge is 2.37. The van der Waals surface area contributed by atoms with Crippen LogP contribution in [0.1, 0.15) is 41.9 Å². The van der Waals surface area contributed by atoms with E-state index in [1.807, 2.05) is 0 Å². The standard InChI is InChI=1S/C20H14F6O2/c21-19(22,23)15-5-13(6-16(9-15)20(24,25)26)11-2-1-3-12(4-11)14-7-17(27)10-18(28)8-14/h1-6,9,14H,7-8,10H2. The van der Waals surface area contributed by atoms with E-state index in [4.69, 9.17) is 0 Å². The molecule has 8 heteroatoms. The number of benzene rings is 2. The predicted molar refractivity (Wildman–Crippen MR) is 88.5 cm³/mol. The van der Waals surface area contributed by atoms with E-state index in [2.05, 4.69) is 0 Å². The van der Waals surface area contributed by atoms with Crippen LogP contribution in [0.4, 0.5) is 26.3 Å². The summed E-state index contributed by atoms with van der Waals surface area (Å²) in [5, 5.41) is 0. The summed E-state index contributed by atoms with van der Waals surface area (Å²) < 4.78 is 78.4. The summed E-state index contributed by atoms with van der Waals surface area (Å²) in [4.78, 5) is 23.3. The fraction of sp³-hybridized carbons (Fsp3) is 0.300. The third-order valence-electron chi connectivity index (χ3n) is 4.62. The van der Waals surface area contributed by atoms with Gasteiger partial charge in [-0.15, -0.1) is 0 Å². The number of ketones is 2. The molecule has 28 heavy (non-hydrogen) atoms. The van der Waals surface area contributed by atoms with Crippen LogP contribution in [-0.4, -0.2) is 11.6 Å². The van der Waals surface area contributed by atoms with Gasteiger partial charge in [0.05, 0.1) is 17.5 Å². The van der Waals surface area contributed by atoms with E-state index >= 15 is 0 Å². The van der Waals surface area contributed by atoms with Gasteiger partial charge in [-0.3, -0.25) is 9.59 Å². The molecule has 0 aromatic heterocycles. The first-order valence-corrected chi connectivity index (χ1v) is 8.36. The van der Waals surface area contributed by atoms with Gasteiger partial charge >= 0.3 is 12.4 Å². The molecule has 1 fully saturated rings. The first-order valence-electron chi connectivity index (χ1n) is 8.36. The summed E-state index contributed by atoms with van der Waals surface area (Å²) in [6.07, 6.45) is -9.78. The molecular formula is C20H14F6O2. The number of rotatable bonds is 2. The van der Waals surface area contributed by atoms with Gasteiger partial charge in [0.25, 0.3) is 0 Å². The van der Waals surface area contributed by atoms with Gasteiger partial charge in [-0.2, -0.15) is 26.3 Å². The minimum absolute atomic E-state index is 0.0752. The van der Waals surface area contributed by atoms with Crippen molar-refractivity contribution >= 4 is 11.6 Å². The normalized spacial score (nSPS) is 16.5. The number of carbonyl (C=O) groups is 2. The number of alkyl halides is 6. The Morgan fingerprint density at radius 2 is 1.25 bits per heavy atom. The lowest BCUT2D eigenvalue weighted by atomic mass is 9.82. The number of Topliss-reactive ketones (excluding diaryl/α,β-unsaturated/α-hetero) is 2. The molecule has 0 bridgehead atoms. The Bertz CT molecular complexity index is 879. The van der Waals surface area contributed by atoms with E-state index in [1.165, 1.54) is 18.2 Å². The summed E-state index contributed by atoms with van der Waals surface area (Å²) in [5.41, 5.74) is -2.35. The second kappa shape index (κ2) is 7.07. The van der Waals surface area contributed by atoms with Gasteiger partial charge in [-0.25, -0.2) is 0 Å². The van der Waals surface area contributed by atoms with Crippen LogP contribution in [0.3, 0.4) is 0 Å². The topological polar surface area (TPSA) is 34.1 Å². The van der Waals surface area contributed by atoms with E-state index in [0.29, 0.717) is 17.7 Å². The highest BCUT2D eigenvalue weighted by molar-refractivity contribution is 6.02. The molecule has 0 N–H and O–H groups in total. The molecule has 1 aliphatic carbocycles. The predicted octanol–water partition coefficient (Wildman–Crippen LogP) is 5.80. The molecule has 0 radical (unpaired) electrons. The summed E-state index contributed by atoms with van der Waals surface area (Å²) >= 11 is 0. The Hall–Kier alpha value is -2.64. The highest BCUT2D eigenvalue weighted by Crippen LogP contribution is 2.39. The first kappa shape index (κ1) is 20.1. The van der Waals surface area contributed by atoms with Crippen LogP contribution in [0.25, 0.3) is 11.1 Å². The lowest BCUT2D eigenvalue weighted by Gasteiger charge is -2.21. The maximum Gasteiger partial charge on any atom is 0.416 e. The van der Waals surface area contributed by atoms with E-state index < -0.39 is 29.4 Å². The van der Waals surface area contributed by atoms with Crippen molar-refractivity contribution in [1.29, 1.82) is 0 Å². The van der Waals surface area contributed by atoms with Crippen molar-refractivity contribution in [2.75, 3.05) is 0 Å². The van der Waals surface area contributed by atoms with Gasteiger partial charge in [-0.05, 0) is 40.8 Å². The second-order valence-corrected chi connectivity index (χ2v) is 6.78. The zero-order valence-electron chi connectivity index (χ0n) is 14.3. The molecule has 0 saturated heterocycles. The lowest BCUT2D eigenvalue weighted by molar-refractivity contribution is -0.143. The Morgan fingerprint density at radius 3 is 1.75 bits per heavy atom. The molecule has 148 valence electrons. The molecule has 1 saturated carbocycles. The van der Waals surface area contributed by atoms with Gasteiger partial charge in [0.1, 0.15) is 11.6 Å². The van der Waals surface area contributed by atoms with Crippen LogP contribution >= 0.6 is 0 Å². The summed E-state index contributed by atoms with van der Waals surface area (Å²) in [5.74, 6) is -0.892. The average molecular weight is 400 g/mol. The molecule has 3 rings (SSSR count). The van der Waals surface area contributed by atoms with Crippen LogP contribution in [0.2, 0.25) is 0 Å². The fourth-order valence-electron chi connectivity index (χ4n) is 3.32. The van der Waals surface area contributed by atoms with Crippen molar-refractivity contribution in [3.8, 4) is 11.1 Å². The van der Waals surface area contributed by atoms with Crippen molar-refractivity contribution in [3.05, 3.63) is 59.2 Å². The van der Waals surface area contributed by atoms with Crippen LogP contribution in [-0.2, 0) is 21.9 Å². The number of hydrogen-bond acceptors (Lipinski definition) is 2. The van der Waals surface area contributed by atoms with Gasteiger partial charge in [0.2, 0.25) is 0 Å². The fourth-order valence-corrected chi connectivity index (χ4v) is 3.32. The second-order valence-electron chi connectivity index (χ2n) is 6.78. The maximum absolute atomic E-state index is 13.1. The molecule has 0 aliphatic heterocycles. The Kier molecular flexibility index (Phi) is 5.08. The maximum atomic E-state index is 13.1. The zero-order chi connectivity index (χ0) is 20.7. The molecule has 2 aromatic rings. The molecule has 0 unspecified atom stereocenters. The Morgan fingerprint density at radius 1 is 0.714 bits per heavy atom. The Labute approximate surface area is 156 Å². The largest absolute Gasteiger partial charge is 0.416 e. The number of carbonyl (C=O) groups excluding carboxylic acids is 2. The Balaban J connectivity index is 2.06. The van der Waals surface area contributed by atoms with Gasteiger partial charge in [0.15, 0.2) is 0 Å². The molecule has 0 atom stereocenters. The van der Waals surface area contributed by atoms with E-state index in [-0.39, 0.29) is 48.0 Å². The van der Waals surface area contributed by atoms with E-state index in [0.717, 1.165) is 0 Å². The molecule has 0 spiro atoms. The smallest absolute Gasteiger partial charge is 0.299 e. The molecule has 2 nitrogen and oxygen atoms in total. The average Bonchev–Trinajstić information content (AvgIpc) is 2.59. The van der Waals surface area contributed by atoms with Crippen molar-refractivity contribution < 1.29 is 35.9 Å². The van der Waals surface area contributed by atoms with Crippen LogP contribution in [0.5, 0.6) is 0 Å². The molecule has 2 aromatic carbocycles. The minimum atomic E-state index is -4.93. The monoisotopic (exact) mass is 400 g/mol. The quantitative estimate of drug-likeness (QED) is 0.472. The molecule has 0 amide bonds. The summed E-state index contributed by atoms with van der Waals surface area (Å²) in [7, 11) is 0. The summed E-state index contributed by atoms with van der Waals surface area (Å²) in [6.45, 7) is 0. The zero-order valence-corrected chi connectivity index (χ0v) is 14.3. The van der Waals surface area contributed by atoms with E-state index in [1.54, 1.807) is 6.07 Å². The van der Waals surface area contributed by atoms with E-state index in [9.17, 15) is 35.9 Å². The first-order chi connectivity index (χ1) is 12.9. The van der Waals surface area contributed by atoms with Crippen molar-refractivity contribution in [3.63, 3.8) is 0 Å². The van der Waals surface area contributed by atoms with Crippen LogP contribution < -0.4 is 0 Å². The third kappa shape index (κ3) is 4.43. The minimum Gasteiger partial charge on any atom is -0.299 e. The number of halogens is 6. The highest BCUT2D eigenvalue weighted by atomic mass is 19.4. The lowest BCUT2D eigenvalue weighted by Crippen LogP contribution is -2.21. The number of hydrogen-bond donors (Lipinski definition) is 0. The van der Waals surface area contributed by atoms with Crippen LogP contribution in [0.15, 0.2) is 42.5 Å². The van der Waals surface area contributed by atoms with Crippen molar-refractivity contribution in [2.45, 2.75) is 37.5 Å².